The van der Waals surface area contributed by atoms with Crippen LogP contribution in [0.25, 0.3) is 0 Å². The Balaban J connectivity index is 2.14. The third kappa shape index (κ3) is 3.22. The van der Waals surface area contributed by atoms with E-state index in [2.05, 4.69) is 4.98 Å². The second-order valence-electron chi connectivity index (χ2n) is 4.88. The van der Waals surface area contributed by atoms with Crippen LogP contribution in [0.5, 0.6) is 5.75 Å². The lowest BCUT2D eigenvalue weighted by molar-refractivity contribution is 0.153. The van der Waals surface area contributed by atoms with Crippen molar-refractivity contribution in [1.29, 1.82) is 0 Å². The number of sulfone groups is 1. The second-order valence-corrected chi connectivity index (χ2v) is 6.85. The van der Waals surface area contributed by atoms with Gasteiger partial charge in [-0.05, 0) is 44.7 Å². The van der Waals surface area contributed by atoms with Crippen molar-refractivity contribution in [3.05, 3.63) is 17.8 Å². The Labute approximate surface area is 108 Å². The van der Waals surface area contributed by atoms with E-state index in [0.29, 0.717) is 11.4 Å². The predicted molar refractivity (Wildman–Crippen MR) is 69.6 cm³/mol. The molecule has 1 saturated carbocycles. The number of hydrogen-bond donors (Lipinski definition) is 0. The molecule has 1 aromatic heterocycles. The lowest BCUT2D eigenvalue weighted by Crippen LogP contribution is -2.20. The molecule has 1 aliphatic rings. The molecule has 100 valence electrons. The Kier molecular flexibility index (Phi) is 3.90. The van der Waals surface area contributed by atoms with Crippen LogP contribution in [0.4, 0.5) is 0 Å². The molecule has 1 aliphatic carbocycles. The molecule has 0 aromatic carbocycles. The highest BCUT2D eigenvalue weighted by Gasteiger charge is 2.17. The van der Waals surface area contributed by atoms with E-state index in [0.717, 1.165) is 19.1 Å². The van der Waals surface area contributed by atoms with Gasteiger partial charge in [0.1, 0.15) is 5.75 Å². The zero-order chi connectivity index (χ0) is 13.2. The summed E-state index contributed by atoms with van der Waals surface area (Å²) in [5, 5.41) is 0.107. The number of ether oxygens (including phenoxy) is 1. The molecular formula is C13H19NO3S. The summed E-state index contributed by atoms with van der Waals surface area (Å²) in [7, 11) is -3.24. The van der Waals surface area contributed by atoms with Gasteiger partial charge in [-0.2, -0.15) is 0 Å². The molecule has 1 heterocycles. The van der Waals surface area contributed by atoms with Gasteiger partial charge in [0.05, 0.1) is 11.8 Å². The molecule has 1 fully saturated rings. The fraction of sp³-hybridized carbons (Fsp3) is 0.615. The molecule has 0 N–H and O–H groups in total. The van der Waals surface area contributed by atoms with Crippen LogP contribution in [0.3, 0.4) is 0 Å². The van der Waals surface area contributed by atoms with E-state index in [1.54, 1.807) is 13.0 Å². The Morgan fingerprint density at radius 1 is 1.22 bits per heavy atom. The van der Waals surface area contributed by atoms with Gasteiger partial charge in [0.2, 0.25) is 0 Å². The molecule has 0 saturated heterocycles. The normalized spacial score (nSPS) is 17.7. The molecular weight excluding hydrogens is 250 g/mol. The topological polar surface area (TPSA) is 56.3 Å². The molecule has 0 spiro atoms. The third-order valence-electron chi connectivity index (χ3n) is 3.24. The maximum Gasteiger partial charge on any atom is 0.192 e. The minimum atomic E-state index is -3.24. The van der Waals surface area contributed by atoms with Gasteiger partial charge >= 0.3 is 0 Å². The average molecular weight is 269 g/mol. The molecule has 0 unspecified atom stereocenters. The highest BCUT2D eigenvalue weighted by molar-refractivity contribution is 7.90. The molecule has 0 aliphatic heterocycles. The first-order chi connectivity index (χ1) is 8.47. The quantitative estimate of drug-likeness (QED) is 0.846. The molecule has 18 heavy (non-hydrogen) atoms. The summed E-state index contributed by atoms with van der Waals surface area (Å²) in [6, 6.07) is 3.23. The lowest BCUT2D eigenvalue weighted by Gasteiger charge is -2.23. The van der Waals surface area contributed by atoms with Gasteiger partial charge in [-0.25, -0.2) is 13.4 Å². The zero-order valence-corrected chi connectivity index (χ0v) is 11.7. The number of aryl methyl sites for hydroxylation is 1. The number of pyridine rings is 1. The van der Waals surface area contributed by atoms with Crippen molar-refractivity contribution in [2.75, 3.05) is 6.26 Å². The third-order valence-corrected chi connectivity index (χ3v) is 4.22. The Morgan fingerprint density at radius 2 is 1.89 bits per heavy atom. The molecule has 4 nitrogen and oxygen atoms in total. The first-order valence-electron chi connectivity index (χ1n) is 6.31. The second kappa shape index (κ2) is 5.26. The highest BCUT2D eigenvalue weighted by atomic mass is 32.2. The van der Waals surface area contributed by atoms with Gasteiger partial charge in [0.15, 0.2) is 14.9 Å². The van der Waals surface area contributed by atoms with Crippen LogP contribution in [-0.4, -0.2) is 25.8 Å². The molecule has 0 radical (unpaired) electrons. The lowest BCUT2D eigenvalue weighted by atomic mass is 9.98. The van der Waals surface area contributed by atoms with Crippen molar-refractivity contribution >= 4 is 9.84 Å². The number of nitrogens with zero attached hydrogens (tertiary/aromatic N) is 1. The van der Waals surface area contributed by atoms with Crippen LogP contribution in [0.2, 0.25) is 0 Å². The van der Waals surface area contributed by atoms with Gasteiger partial charge in [-0.1, -0.05) is 6.42 Å². The fourth-order valence-electron chi connectivity index (χ4n) is 2.22. The zero-order valence-electron chi connectivity index (χ0n) is 10.8. The molecule has 1 aromatic rings. The van der Waals surface area contributed by atoms with E-state index in [1.165, 1.54) is 25.3 Å². The van der Waals surface area contributed by atoms with Crippen LogP contribution in [0, 0.1) is 6.92 Å². The van der Waals surface area contributed by atoms with Gasteiger partial charge in [-0.15, -0.1) is 0 Å². The number of aromatic nitrogens is 1. The molecule has 0 atom stereocenters. The first-order valence-corrected chi connectivity index (χ1v) is 8.20. The molecule has 0 amide bonds. The van der Waals surface area contributed by atoms with Gasteiger partial charge in [0, 0.05) is 6.26 Å². The Morgan fingerprint density at radius 3 is 2.44 bits per heavy atom. The molecule has 0 bridgehead atoms. The largest absolute Gasteiger partial charge is 0.489 e. The summed E-state index contributed by atoms with van der Waals surface area (Å²) in [4.78, 5) is 4.10. The summed E-state index contributed by atoms with van der Waals surface area (Å²) in [5.74, 6) is 0.703. The predicted octanol–water partition coefficient (Wildman–Crippen LogP) is 2.51. The van der Waals surface area contributed by atoms with Gasteiger partial charge < -0.3 is 4.74 Å². The molecule has 5 heteroatoms. The van der Waals surface area contributed by atoms with Crippen LogP contribution in [0.1, 0.15) is 37.8 Å². The maximum atomic E-state index is 11.4. The van der Waals surface area contributed by atoms with Crippen LogP contribution in [-0.2, 0) is 9.84 Å². The number of rotatable bonds is 3. The van der Waals surface area contributed by atoms with E-state index >= 15 is 0 Å². The van der Waals surface area contributed by atoms with Gasteiger partial charge in [-0.3, -0.25) is 0 Å². The van der Waals surface area contributed by atoms with Crippen LogP contribution in [0.15, 0.2) is 17.2 Å². The standard InChI is InChI=1S/C13H19NO3S/c1-10-12(17-11-6-4-3-5-7-11)8-9-13(14-10)18(2,15)16/h8-9,11H,3-7H2,1-2H3. The van der Waals surface area contributed by atoms with Crippen molar-refractivity contribution in [1.82, 2.24) is 4.98 Å². The van der Waals surface area contributed by atoms with Gasteiger partial charge in [0.25, 0.3) is 0 Å². The minimum absolute atomic E-state index is 0.107. The van der Waals surface area contributed by atoms with E-state index < -0.39 is 9.84 Å². The monoisotopic (exact) mass is 269 g/mol. The van der Waals surface area contributed by atoms with E-state index in [1.807, 2.05) is 0 Å². The van der Waals surface area contributed by atoms with Crippen molar-refractivity contribution in [3.63, 3.8) is 0 Å². The van der Waals surface area contributed by atoms with E-state index in [9.17, 15) is 8.42 Å². The summed E-state index contributed by atoms with van der Waals surface area (Å²) < 4.78 is 28.7. The smallest absolute Gasteiger partial charge is 0.192 e. The summed E-state index contributed by atoms with van der Waals surface area (Å²) in [6.45, 7) is 1.78. The SMILES string of the molecule is Cc1nc(S(C)(=O)=O)ccc1OC1CCCCC1. The van der Waals surface area contributed by atoms with Crippen LogP contribution >= 0.6 is 0 Å². The Bertz CT molecular complexity index is 519. The average Bonchev–Trinajstić information content (AvgIpc) is 2.32. The summed E-state index contributed by atoms with van der Waals surface area (Å²) >= 11 is 0. The summed E-state index contributed by atoms with van der Waals surface area (Å²) in [6.07, 6.45) is 7.27. The highest BCUT2D eigenvalue weighted by Crippen LogP contribution is 2.25. The Hall–Kier alpha value is -1.10. The number of hydrogen-bond acceptors (Lipinski definition) is 4. The van der Waals surface area contributed by atoms with Crippen molar-refractivity contribution < 1.29 is 13.2 Å². The fourth-order valence-corrected chi connectivity index (χ4v) is 2.84. The summed E-state index contributed by atoms with van der Waals surface area (Å²) in [5.41, 5.74) is 0.642. The van der Waals surface area contributed by atoms with Crippen LogP contribution < -0.4 is 4.74 Å². The first kappa shape index (κ1) is 13.3. The van der Waals surface area contributed by atoms with Crippen molar-refractivity contribution in [2.24, 2.45) is 0 Å². The van der Waals surface area contributed by atoms with Crippen molar-refractivity contribution in [2.45, 2.75) is 50.2 Å². The van der Waals surface area contributed by atoms with E-state index in [4.69, 9.17) is 4.74 Å². The maximum absolute atomic E-state index is 11.4. The molecule has 2 rings (SSSR count). The minimum Gasteiger partial charge on any atom is -0.489 e. The van der Waals surface area contributed by atoms with E-state index in [-0.39, 0.29) is 11.1 Å². The van der Waals surface area contributed by atoms with Crippen molar-refractivity contribution in [3.8, 4) is 5.75 Å².